The highest BCUT2D eigenvalue weighted by molar-refractivity contribution is 5.93. The molecule has 2 aromatic heterocycles. The van der Waals surface area contributed by atoms with Gasteiger partial charge in [0.15, 0.2) is 0 Å². The molecule has 0 radical (unpaired) electrons. The van der Waals surface area contributed by atoms with Gasteiger partial charge < -0.3 is 10.6 Å². The van der Waals surface area contributed by atoms with Crippen LogP contribution in [0.25, 0.3) is 0 Å². The number of hydrogen-bond acceptors (Lipinski definition) is 5. The summed E-state index contributed by atoms with van der Waals surface area (Å²) in [5.41, 5.74) is 0.585. The van der Waals surface area contributed by atoms with Crippen LogP contribution in [-0.4, -0.2) is 34.5 Å². The first-order valence-corrected chi connectivity index (χ1v) is 7.54. The third-order valence-corrected chi connectivity index (χ3v) is 4.30. The average molecular weight is 315 g/mol. The van der Waals surface area contributed by atoms with Gasteiger partial charge in [-0.2, -0.15) is 0 Å². The van der Waals surface area contributed by atoms with E-state index in [1.54, 1.807) is 19.3 Å². The van der Waals surface area contributed by atoms with Crippen molar-refractivity contribution in [3.05, 3.63) is 47.8 Å². The summed E-state index contributed by atoms with van der Waals surface area (Å²) in [7, 11) is 1.55. The van der Waals surface area contributed by atoms with E-state index in [1.165, 1.54) is 18.5 Å². The molecule has 2 N–H and O–H groups in total. The van der Waals surface area contributed by atoms with Crippen molar-refractivity contribution in [2.75, 3.05) is 18.9 Å². The molecule has 6 nitrogen and oxygen atoms in total. The lowest BCUT2D eigenvalue weighted by molar-refractivity contribution is 0.0962. The van der Waals surface area contributed by atoms with Crippen LogP contribution in [0.2, 0.25) is 0 Å². The maximum absolute atomic E-state index is 14.0. The number of halogens is 1. The SMILES string of the molecule is CNC(=O)c1cnc(NCC2(c3ncccc3F)CCC2)nc1. The fraction of sp³-hybridized carbons (Fsp3) is 0.375. The van der Waals surface area contributed by atoms with Gasteiger partial charge in [0.25, 0.3) is 5.91 Å². The van der Waals surface area contributed by atoms with Gasteiger partial charge >= 0.3 is 0 Å². The lowest BCUT2D eigenvalue weighted by Crippen LogP contribution is -2.42. The van der Waals surface area contributed by atoms with Crippen LogP contribution in [0.4, 0.5) is 10.3 Å². The number of amides is 1. The van der Waals surface area contributed by atoms with Crippen molar-refractivity contribution in [3.63, 3.8) is 0 Å². The van der Waals surface area contributed by atoms with Gasteiger partial charge in [0, 0.05) is 37.6 Å². The van der Waals surface area contributed by atoms with Gasteiger partial charge in [0.05, 0.1) is 11.3 Å². The largest absolute Gasteiger partial charge is 0.355 e. The van der Waals surface area contributed by atoms with Crippen LogP contribution in [-0.2, 0) is 5.41 Å². The Bertz CT molecular complexity index is 700. The molecular weight excluding hydrogens is 297 g/mol. The summed E-state index contributed by atoms with van der Waals surface area (Å²) in [5.74, 6) is -0.0901. The Morgan fingerprint density at radius 2 is 2.04 bits per heavy atom. The van der Waals surface area contributed by atoms with E-state index in [-0.39, 0.29) is 17.1 Å². The second kappa shape index (κ2) is 6.28. The van der Waals surface area contributed by atoms with Crippen LogP contribution in [0.15, 0.2) is 30.7 Å². The van der Waals surface area contributed by atoms with E-state index in [1.807, 2.05) is 0 Å². The zero-order chi connectivity index (χ0) is 16.3. The van der Waals surface area contributed by atoms with Crippen molar-refractivity contribution in [3.8, 4) is 0 Å². The summed E-state index contributed by atoms with van der Waals surface area (Å²) < 4.78 is 14.0. The molecule has 1 fully saturated rings. The summed E-state index contributed by atoms with van der Waals surface area (Å²) in [5, 5.41) is 5.65. The lowest BCUT2D eigenvalue weighted by Gasteiger charge is -2.41. The summed E-state index contributed by atoms with van der Waals surface area (Å²) in [6.45, 7) is 0.514. The Hall–Kier alpha value is -2.57. The minimum absolute atomic E-state index is 0.234. The number of carbonyl (C=O) groups excluding carboxylic acids is 1. The van der Waals surface area contributed by atoms with Crippen LogP contribution in [0.3, 0.4) is 0 Å². The van der Waals surface area contributed by atoms with Crippen molar-refractivity contribution >= 4 is 11.9 Å². The van der Waals surface area contributed by atoms with E-state index in [4.69, 9.17) is 0 Å². The van der Waals surface area contributed by atoms with E-state index in [9.17, 15) is 9.18 Å². The van der Waals surface area contributed by atoms with E-state index in [0.717, 1.165) is 19.3 Å². The first kappa shape index (κ1) is 15.3. The zero-order valence-corrected chi connectivity index (χ0v) is 12.8. The van der Waals surface area contributed by atoms with Gasteiger partial charge in [0.2, 0.25) is 5.95 Å². The number of hydrogen-bond donors (Lipinski definition) is 2. The molecule has 2 heterocycles. The molecule has 1 aliphatic carbocycles. The molecule has 1 saturated carbocycles. The Kier molecular flexibility index (Phi) is 4.18. The summed E-state index contributed by atoms with van der Waals surface area (Å²) in [4.78, 5) is 23.9. The predicted molar refractivity (Wildman–Crippen MR) is 83.6 cm³/mol. The van der Waals surface area contributed by atoms with Crippen molar-refractivity contribution in [1.29, 1.82) is 0 Å². The second-order valence-electron chi connectivity index (χ2n) is 5.70. The van der Waals surface area contributed by atoms with Crippen molar-refractivity contribution in [2.45, 2.75) is 24.7 Å². The molecule has 0 saturated heterocycles. The van der Waals surface area contributed by atoms with Crippen molar-refractivity contribution in [1.82, 2.24) is 20.3 Å². The first-order valence-electron chi connectivity index (χ1n) is 7.54. The Morgan fingerprint density at radius 1 is 1.30 bits per heavy atom. The molecule has 1 amide bonds. The summed E-state index contributed by atoms with van der Waals surface area (Å²) in [6.07, 6.45) is 7.35. The van der Waals surface area contributed by atoms with Crippen LogP contribution < -0.4 is 10.6 Å². The number of nitrogens with zero attached hydrogens (tertiary/aromatic N) is 3. The van der Waals surface area contributed by atoms with Gasteiger partial charge in [0.1, 0.15) is 5.82 Å². The molecule has 0 atom stereocenters. The van der Waals surface area contributed by atoms with E-state index in [0.29, 0.717) is 23.8 Å². The summed E-state index contributed by atoms with van der Waals surface area (Å²) >= 11 is 0. The highest BCUT2D eigenvalue weighted by Gasteiger charge is 2.41. The fourth-order valence-corrected chi connectivity index (χ4v) is 2.81. The smallest absolute Gasteiger partial charge is 0.254 e. The lowest BCUT2D eigenvalue weighted by atomic mass is 9.66. The number of rotatable bonds is 5. The van der Waals surface area contributed by atoms with Gasteiger partial charge in [-0.1, -0.05) is 6.42 Å². The third kappa shape index (κ3) is 2.99. The molecule has 3 rings (SSSR count). The Balaban J connectivity index is 1.71. The molecule has 0 aliphatic heterocycles. The Labute approximate surface area is 133 Å². The van der Waals surface area contributed by atoms with Crippen LogP contribution in [0, 0.1) is 5.82 Å². The zero-order valence-electron chi connectivity index (χ0n) is 12.8. The van der Waals surface area contributed by atoms with E-state index in [2.05, 4.69) is 25.6 Å². The molecule has 7 heteroatoms. The van der Waals surface area contributed by atoms with Crippen molar-refractivity contribution < 1.29 is 9.18 Å². The highest BCUT2D eigenvalue weighted by Crippen LogP contribution is 2.43. The third-order valence-electron chi connectivity index (χ3n) is 4.30. The molecule has 0 spiro atoms. The first-order chi connectivity index (χ1) is 11.1. The number of anilines is 1. The van der Waals surface area contributed by atoms with E-state index < -0.39 is 0 Å². The normalized spacial score (nSPS) is 15.6. The quantitative estimate of drug-likeness (QED) is 0.881. The minimum Gasteiger partial charge on any atom is -0.355 e. The fourth-order valence-electron chi connectivity index (χ4n) is 2.81. The molecule has 120 valence electrons. The Morgan fingerprint density at radius 3 is 2.61 bits per heavy atom. The molecule has 0 aromatic carbocycles. The molecule has 0 unspecified atom stereocenters. The number of aromatic nitrogens is 3. The predicted octanol–water partition coefficient (Wildman–Crippen LogP) is 1.90. The maximum Gasteiger partial charge on any atom is 0.254 e. The summed E-state index contributed by atoms with van der Waals surface area (Å²) in [6, 6.07) is 3.04. The average Bonchev–Trinajstić information content (AvgIpc) is 2.55. The molecular formula is C16H18FN5O. The highest BCUT2D eigenvalue weighted by atomic mass is 19.1. The van der Waals surface area contributed by atoms with Crippen LogP contribution in [0.5, 0.6) is 0 Å². The van der Waals surface area contributed by atoms with Gasteiger partial charge in [-0.05, 0) is 25.0 Å². The van der Waals surface area contributed by atoms with Crippen molar-refractivity contribution in [2.24, 2.45) is 0 Å². The maximum atomic E-state index is 14.0. The van der Waals surface area contributed by atoms with Crippen LogP contribution in [0.1, 0.15) is 35.3 Å². The van der Waals surface area contributed by atoms with Gasteiger partial charge in [-0.15, -0.1) is 0 Å². The molecule has 2 aromatic rings. The molecule has 23 heavy (non-hydrogen) atoms. The van der Waals surface area contributed by atoms with Gasteiger partial charge in [-0.25, -0.2) is 14.4 Å². The van der Waals surface area contributed by atoms with Crippen LogP contribution >= 0.6 is 0 Å². The number of nitrogens with one attached hydrogen (secondary N) is 2. The second-order valence-corrected chi connectivity index (χ2v) is 5.70. The molecule has 0 bridgehead atoms. The van der Waals surface area contributed by atoms with Gasteiger partial charge in [-0.3, -0.25) is 9.78 Å². The van der Waals surface area contributed by atoms with E-state index >= 15 is 0 Å². The molecule has 1 aliphatic rings. The standard InChI is InChI=1S/C16H18FN5O/c1-18-14(23)11-8-20-15(21-9-11)22-10-16(5-3-6-16)13-12(17)4-2-7-19-13/h2,4,7-9H,3,5-6,10H2,1H3,(H,18,23)(H,20,21,22). The monoisotopic (exact) mass is 315 g/mol. The number of carbonyl (C=O) groups is 1. The topological polar surface area (TPSA) is 79.8 Å². The minimum atomic E-state index is -0.311. The number of pyridine rings is 1.